The lowest BCUT2D eigenvalue weighted by Gasteiger charge is -2.19. The molecule has 0 spiro atoms. The lowest BCUT2D eigenvalue weighted by molar-refractivity contribution is -0.127. The molecule has 174 valence electrons. The molecule has 3 rings (SSSR count). The van der Waals surface area contributed by atoms with Crippen molar-refractivity contribution in [3.63, 3.8) is 0 Å². The van der Waals surface area contributed by atoms with Crippen LogP contribution in [0.4, 0.5) is 0 Å². The largest absolute Gasteiger partial charge is 0.497 e. The van der Waals surface area contributed by atoms with Crippen molar-refractivity contribution in [2.45, 2.75) is 77.6 Å². The molecule has 1 unspecified atom stereocenters. The lowest BCUT2D eigenvalue weighted by Crippen LogP contribution is -2.42. The van der Waals surface area contributed by atoms with Gasteiger partial charge < -0.3 is 20.1 Å². The van der Waals surface area contributed by atoms with Gasteiger partial charge in [-0.25, -0.2) is 4.68 Å². The fourth-order valence-corrected chi connectivity index (χ4v) is 3.98. The summed E-state index contributed by atoms with van der Waals surface area (Å²) in [6, 6.07) is 7.10. The van der Waals surface area contributed by atoms with Crippen molar-refractivity contribution >= 4 is 11.8 Å². The van der Waals surface area contributed by atoms with Gasteiger partial charge in [-0.05, 0) is 63.8 Å². The molecule has 0 aliphatic heterocycles. The molecule has 0 bridgehead atoms. The summed E-state index contributed by atoms with van der Waals surface area (Å²) in [6.45, 7) is 6.46. The summed E-state index contributed by atoms with van der Waals surface area (Å²) < 4.78 is 12.6. The van der Waals surface area contributed by atoms with Crippen LogP contribution in [0.25, 0.3) is 0 Å². The van der Waals surface area contributed by atoms with Crippen molar-refractivity contribution in [3.8, 4) is 11.5 Å². The Bertz CT molecular complexity index is 912. The third-order valence-electron chi connectivity index (χ3n) is 5.69. The van der Waals surface area contributed by atoms with Crippen LogP contribution in [0.3, 0.4) is 0 Å². The minimum Gasteiger partial charge on any atom is -0.497 e. The zero-order chi connectivity index (χ0) is 23.1. The first-order valence-corrected chi connectivity index (χ1v) is 11.3. The fourth-order valence-electron chi connectivity index (χ4n) is 3.98. The predicted octanol–water partition coefficient (Wildman–Crippen LogP) is 2.49. The number of ether oxygens (including phenoxy) is 2. The number of nitrogens with one attached hydrogen (secondary N) is 2. The van der Waals surface area contributed by atoms with E-state index in [2.05, 4.69) is 27.9 Å². The van der Waals surface area contributed by atoms with Crippen LogP contribution in [0.2, 0.25) is 0 Å². The summed E-state index contributed by atoms with van der Waals surface area (Å²) in [5, 5.41) is 14.3. The molecular formula is C23H33N5O4. The first-order chi connectivity index (χ1) is 15.4. The number of carbonyl (C=O) groups is 2. The predicted molar refractivity (Wildman–Crippen MR) is 120 cm³/mol. The van der Waals surface area contributed by atoms with Crippen LogP contribution >= 0.6 is 0 Å². The molecule has 32 heavy (non-hydrogen) atoms. The Morgan fingerprint density at radius 1 is 1.12 bits per heavy atom. The van der Waals surface area contributed by atoms with Gasteiger partial charge in [0.1, 0.15) is 11.5 Å². The third kappa shape index (κ3) is 5.77. The van der Waals surface area contributed by atoms with E-state index in [9.17, 15) is 9.59 Å². The number of rotatable bonds is 10. The molecule has 1 aliphatic carbocycles. The van der Waals surface area contributed by atoms with Crippen molar-refractivity contribution in [2.24, 2.45) is 0 Å². The summed E-state index contributed by atoms with van der Waals surface area (Å²) >= 11 is 0. The standard InChI is InChI=1S/C23H33N5O4/c1-5-7-20-21(26-27-28(20)6-2)23(30)25-17-9-8-16(14-17)24-22(29)15(3)32-19-12-10-18(31-4)11-13-19/h10-13,15-17H,5-9,14H2,1-4H3,(H,24,29)(H,25,30)/t15?,16-,17+/m0/s1. The molecule has 2 aromatic rings. The van der Waals surface area contributed by atoms with Gasteiger partial charge in [-0.15, -0.1) is 5.10 Å². The van der Waals surface area contributed by atoms with Crippen molar-refractivity contribution in [2.75, 3.05) is 7.11 Å². The molecule has 1 aromatic carbocycles. The summed E-state index contributed by atoms with van der Waals surface area (Å²) in [7, 11) is 1.60. The molecule has 2 amide bonds. The molecule has 3 atom stereocenters. The van der Waals surface area contributed by atoms with Gasteiger partial charge >= 0.3 is 0 Å². The highest BCUT2D eigenvalue weighted by molar-refractivity contribution is 5.93. The maximum absolute atomic E-state index is 12.8. The molecule has 1 saturated carbocycles. The van der Waals surface area contributed by atoms with Crippen LogP contribution < -0.4 is 20.1 Å². The Morgan fingerprint density at radius 3 is 2.41 bits per heavy atom. The zero-order valence-corrected chi connectivity index (χ0v) is 19.3. The minimum atomic E-state index is -0.627. The van der Waals surface area contributed by atoms with Crippen molar-refractivity contribution in [1.29, 1.82) is 0 Å². The fraction of sp³-hybridized carbons (Fsp3) is 0.565. The van der Waals surface area contributed by atoms with Gasteiger partial charge in [0, 0.05) is 18.6 Å². The number of aryl methyl sites for hydroxylation is 1. The van der Waals surface area contributed by atoms with Crippen LogP contribution in [0.5, 0.6) is 11.5 Å². The second kappa shape index (κ2) is 11.0. The maximum atomic E-state index is 12.8. The third-order valence-corrected chi connectivity index (χ3v) is 5.69. The maximum Gasteiger partial charge on any atom is 0.273 e. The Labute approximate surface area is 188 Å². The normalized spacial score (nSPS) is 18.8. The minimum absolute atomic E-state index is 0.00356. The summed E-state index contributed by atoms with van der Waals surface area (Å²) in [5.41, 5.74) is 1.28. The smallest absolute Gasteiger partial charge is 0.273 e. The van der Waals surface area contributed by atoms with Gasteiger partial charge in [0.05, 0.1) is 12.8 Å². The van der Waals surface area contributed by atoms with Crippen LogP contribution in [0.15, 0.2) is 24.3 Å². The van der Waals surface area contributed by atoms with Gasteiger partial charge in [0.25, 0.3) is 11.8 Å². The number of amides is 2. The van der Waals surface area contributed by atoms with Crippen LogP contribution in [0, 0.1) is 0 Å². The summed E-state index contributed by atoms with van der Waals surface area (Å²) in [5.74, 6) is 0.968. The highest BCUT2D eigenvalue weighted by Crippen LogP contribution is 2.21. The number of hydrogen-bond acceptors (Lipinski definition) is 6. The summed E-state index contributed by atoms with van der Waals surface area (Å²) in [4.78, 5) is 25.3. The molecule has 9 heteroatoms. The van der Waals surface area contributed by atoms with Gasteiger partial charge in [-0.2, -0.15) is 0 Å². The van der Waals surface area contributed by atoms with E-state index in [1.54, 1.807) is 43.0 Å². The average molecular weight is 444 g/mol. The van der Waals surface area contributed by atoms with E-state index < -0.39 is 6.10 Å². The summed E-state index contributed by atoms with van der Waals surface area (Å²) in [6.07, 6.45) is 3.33. The molecule has 1 aliphatic rings. The van der Waals surface area contributed by atoms with Gasteiger partial charge in [-0.3, -0.25) is 9.59 Å². The van der Waals surface area contributed by atoms with E-state index in [1.807, 2.05) is 6.92 Å². The molecule has 1 aromatic heterocycles. The first kappa shape index (κ1) is 23.6. The number of carbonyl (C=O) groups excluding carboxylic acids is 2. The van der Waals surface area contributed by atoms with Crippen LogP contribution in [-0.2, 0) is 17.8 Å². The highest BCUT2D eigenvalue weighted by atomic mass is 16.5. The molecule has 1 heterocycles. The van der Waals surface area contributed by atoms with E-state index in [-0.39, 0.29) is 23.9 Å². The molecule has 0 saturated heterocycles. The van der Waals surface area contributed by atoms with Crippen molar-refractivity contribution in [3.05, 3.63) is 35.7 Å². The SMILES string of the molecule is CCCc1c(C(=O)N[C@@H]2CC[C@H](NC(=O)C(C)Oc3ccc(OC)cc3)C2)nnn1CC. The number of benzene rings is 1. The first-order valence-electron chi connectivity index (χ1n) is 11.3. The van der Waals surface area contributed by atoms with E-state index in [0.29, 0.717) is 24.4 Å². The Morgan fingerprint density at radius 2 is 1.78 bits per heavy atom. The molecule has 1 fully saturated rings. The van der Waals surface area contributed by atoms with Gasteiger partial charge in [-0.1, -0.05) is 18.6 Å². The molecular weight excluding hydrogens is 410 g/mol. The molecule has 9 nitrogen and oxygen atoms in total. The van der Waals surface area contributed by atoms with E-state index in [4.69, 9.17) is 9.47 Å². The second-order valence-electron chi connectivity index (χ2n) is 8.08. The number of aromatic nitrogens is 3. The zero-order valence-electron chi connectivity index (χ0n) is 19.3. The van der Waals surface area contributed by atoms with Gasteiger partial charge in [0.15, 0.2) is 11.8 Å². The Balaban J connectivity index is 1.49. The van der Waals surface area contributed by atoms with Gasteiger partial charge in [0.2, 0.25) is 0 Å². The quantitative estimate of drug-likeness (QED) is 0.584. The topological polar surface area (TPSA) is 107 Å². The Kier molecular flexibility index (Phi) is 8.08. The van der Waals surface area contributed by atoms with E-state index in [1.165, 1.54) is 0 Å². The monoisotopic (exact) mass is 443 g/mol. The van der Waals surface area contributed by atoms with Crippen molar-refractivity contribution in [1.82, 2.24) is 25.6 Å². The van der Waals surface area contributed by atoms with E-state index >= 15 is 0 Å². The number of hydrogen-bond donors (Lipinski definition) is 2. The average Bonchev–Trinajstić information content (AvgIpc) is 3.40. The molecule has 2 N–H and O–H groups in total. The second-order valence-corrected chi connectivity index (χ2v) is 8.08. The van der Waals surface area contributed by atoms with Crippen LogP contribution in [-0.4, -0.2) is 52.1 Å². The van der Waals surface area contributed by atoms with Crippen LogP contribution in [0.1, 0.15) is 62.6 Å². The molecule has 0 radical (unpaired) electrons. The highest BCUT2D eigenvalue weighted by Gasteiger charge is 2.30. The number of nitrogens with zero attached hydrogens (tertiary/aromatic N) is 3. The van der Waals surface area contributed by atoms with Crippen molar-refractivity contribution < 1.29 is 19.1 Å². The van der Waals surface area contributed by atoms with E-state index in [0.717, 1.165) is 37.1 Å². The lowest BCUT2D eigenvalue weighted by atomic mass is 10.1. The Hall–Kier alpha value is -3.10. The number of methoxy groups -OCH3 is 1.